The molecule has 0 aliphatic heterocycles. The van der Waals surface area contributed by atoms with E-state index in [-0.39, 0.29) is 24.0 Å². The number of aromatic nitrogens is 1. The van der Waals surface area contributed by atoms with E-state index in [1.54, 1.807) is 12.1 Å². The van der Waals surface area contributed by atoms with Gasteiger partial charge in [0, 0.05) is 10.4 Å². The number of carbonyl (C=O) groups is 1. The van der Waals surface area contributed by atoms with Crippen molar-refractivity contribution in [2.75, 3.05) is 20.3 Å². The highest BCUT2D eigenvalue weighted by Gasteiger charge is 2.23. The molecular weight excluding hydrogens is 526 g/mol. The lowest BCUT2D eigenvalue weighted by Crippen LogP contribution is -2.21. The van der Waals surface area contributed by atoms with Gasteiger partial charge in [-0.25, -0.2) is 9.78 Å². The summed E-state index contributed by atoms with van der Waals surface area (Å²) in [6, 6.07) is 22.6. The van der Waals surface area contributed by atoms with E-state index in [1.807, 2.05) is 72.8 Å². The molecule has 1 aliphatic carbocycles. The molecule has 1 saturated carbocycles. The molecule has 0 spiro atoms. The maximum absolute atomic E-state index is 11.7. The molecule has 0 bridgehead atoms. The highest BCUT2D eigenvalue weighted by Crippen LogP contribution is 2.30. The number of hydrogen-bond donors (Lipinski definition) is 1. The van der Waals surface area contributed by atoms with Crippen LogP contribution in [0.15, 0.2) is 78.9 Å². The molecule has 3 aromatic carbocycles. The van der Waals surface area contributed by atoms with Crippen LogP contribution in [-0.4, -0.2) is 42.5 Å². The minimum atomic E-state index is -1.08. The third kappa shape index (κ3) is 7.50. The van der Waals surface area contributed by atoms with Crippen molar-refractivity contribution in [1.29, 1.82) is 0 Å². The number of hydrogen-bond acceptors (Lipinski definition) is 5. The van der Waals surface area contributed by atoms with Crippen LogP contribution in [0.1, 0.15) is 40.0 Å². The van der Waals surface area contributed by atoms with E-state index in [9.17, 15) is 9.90 Å². The number of ether oxygens (including phenoxy) is 3. The standard InChI is InChI=1S/C33H30ClNO5/c1-38-28-15-16-32(30(19-28)33(36)37)40-21-29(39-20-24-5-6-24)14-8-23-4-2-3-22(17-23)7-12-27-13-10-25-9-11-26(34)18-31(25)35-27/h2-4,7-19,24,29H,5-6,20-21H2,1H3,(H,36,37)/b12-7+,14-8+/t29-/m1/s1. The Labute approximate surface area is 238 Å². The van der Waals surface area contributed by atoms with Crippen LogP contribution in [0, 0.1) is 5.92 Å². The van der Waals surface area contributed by atoms with Gasteiger partial charge in [-0.15, -0.1) is 0 Å². The Kier molecular flexibility index (Phi) is 8.79. The summed E-state index contributed by atoms with van der Waals surface area (Å²) >= 11 is 6.12. The molecule has 1 heterocycles. The summed E-state index contributed by atoms with van der Waals surface area (Å²) in [4.78, 5) is 16.4. The first-order chi connectivity index (χ1) is 19.5. The molecule has 1 aliphatic rings. The van der Waals surface area contributed by atoms with Crippen LogP contribution in [0.4, 0.5) is 0 Å². The van der Waals surface area contributed by atoms with Crippen LogP contribution in [0.2, 0.25) is 5.02 Å². The number of halogens is 1. The second-order valence-corrected chi connectivity index (χ2v) is 10.2. The van der Waals surface area contributed by atoms with Gasteiger partial charge < -0.3 is 19.3 Å². The van der Waals surface area contributed by atoms with E-state index in [2.05, 4.69) is 11.1 Å². The van der Waals surface area contributed by atoms with Crippen molar-refractivity contribution in [3.63, 3.8) is 0 Å². The van der Waals surface area contributed by atoms with Gasteiger partial charge in [0.15, 0.2) is 0 Å². The Morgan fingerprint density at radius 3 is 2.60 bits per heavy atom. The van der Waals surface area contributed by atoms with E-state index in [4.69, 9.17) is 25.8 Å². The predicted octanol–water partition coefficient (Wildman–Crippen LogP) is 7.65. The van der Waals surface area contributed by atoms with Crippen molar-refractivity contribution in [3.8, 4) is 11.5 Å². The summed E-state index contributed by atoms with van der Waals surface area (Å²) in [6.45, 7) is 0.840. The van der Waals surface area contributed by atoms with Gasteiger partial charge >= 0.3 is 5.97 Å². The summed E-state index contributed by atoms with van der Waals surface area (Å²) in [5.74, 6) is 0.242. The SMILES string of the molecule is COc1ccc(OC[C@@H](/C=C/c2cccc(/C=C/c3ccc4ccc(Cl)cc4n3)c2)OCC2CC2)c(C(=O)O)c1. The average molecular weight is 556 g/mol. The number of fused-ring (bicyclic) bond motifs is 1. The summed E-state index contributed by atoms with van der Waals surface area (Å²) in [7, 11) is 1.50. The van der Waals surface area contributed by atoms with Gasteiger partial charge in [-0.05, 0) is 78.4 Å². The molecule has 40 heavy (non-hydrogen) atoms. The van der Waals surface area contributed by atoms with Crippen LogP contribution >= 0.6 is 11.6 Å². The minimum absolute atomic E-state index is 0.0489. The van der Waals surface area contributed by atoms with E-state index in [1.165, 1.54) is 26.0 Å². The zero-order chi connectivity index (χ0) is 27.9. The molecule has 0 unspecified atom stereocenters. The lowest BCUT2D eigenvalue weighted by atomic mass is 10.1. The molecule has 7 heteroatoms. The maximum atomic E-state index is 11.7. The second kappa shape index (κ2) is 12.8. The fourth-order valence-corrected chi connectivity index (χ4v) is 4.34. The van der Waals surface area contributed by atoms with Gasteiger partial charge in [0.2, 0.25) is 0 Å². The summed E-state index contributed by atoms with van der Waals surface area (Å²) in [6.07, 6.45) is 9.98. The third-order valence-corrected chi connectivity index (χ3v) is 6.83. The molecule has 0 amide bonds. The Morgan fingerprint density at radius 1 is 1.02 bits per heavy atom. The lowest BCUT2D eigenvalue weighted by Gasteiger charge is -2.17. The molecule has 1 atom stereocenters. The second-order valence-electron chi connectivity index (χ2n) is 9.73. The van der Waals surface area contributed by atoms with Crippen molar-refractivity contribution in [2.24, 2.45) is 5.92 Å². The first kappa shape index (κ1) is 27.4. The van der Waals surface area contributed by atoms with Crippen molar-refractivity contribution in [1.82, 2.24) is 4.98 Å². The summed E-state index contributed by atoms with van der Waals surface area (Å²) in [5, 5.41) is 11.3. The highest BCUT2D eigenvalue weighted by atomic mass is 35.5. The van der Waals surface area contributed by atoms with Gasteiger partial charge in [-0.1, -0.05) is 60.2 Å². The van der Waals surface area contributed by atoms with Gasteiger partial charge in [0.1, 0.15) is 29.8 Å². The molecule has 6 nitrogen and oxygen atoms in total. The van der Waals surface area contributed by atoms with Crippen molar-refractivity contribution < 1.29 is 24.1 Å². The Bertz CT molecular complexity index is 1560. The van der Waals surface area contributed by atoms with E-state index >= 15 is 0 Å². The topological polar surface area (TPSA) is 77.9 Å². The lowest BCUT2D eigenvalue weighted by molar-refractivity contribution is 0.0435. The number of methoxy groups -OCH3 is 1. The van der Waals surface area contributed by atoms with Gasteiger partial charge in [0.05, 0.1) is 24.9 Å². The molecule has 204 valence electrons. The molecule has 5 rings (SSSR count). The van der Waals surface area contributed by atoms with Crippen LogP contribution < -0.4 is 9.47 Å². The molecule has 0 saturated heterocycles. The van der Waals surface area contributed by atoms with Crippen molar-refractivity contribution >= 4 is 46.7 Å². The zero-order valence-corrected chi connectivity index (χ0v) is 22.9. The molecular formula is C33H30ClNO5. The van der Waals surface area contributed by atoms with Crippen molar-refractivity contribution in [2.45, 2.75) is 18.9 Å². The summed E-state index contributed by atoms with van der Waals surface area (Å²) in [5.41, 5.74) is 3.80. The van der Waals surface area contributed by atoms with E-state index in [0.717, 1.165) is 27.7 Å². The largest absolute Gasteiger partial charge is 0.497 e. The van der Waals surface area contributed by atoms with Crippen LogP contribution in [0.3, 0.4) is 0 Å². The summed E-state index contributed by atoms with van der Waals surface area (Å²) < 4.78 is 17.2. The van der Waals surface area contributed by atoms with Gasteiger partial charge in [-0.3, -0.25) is 0 Å². The number of nitrogens with zero attached hydrogens (tertiary/aromatic N) is 1. The van der Waals surface area contributed by atoms with Gasteiger partial charge in [0.25, 0.3) is 0 Å². The predicted molar refractivity (Wildman–Crippen MR) is 159 cm³/mol. The first-order valence-electron chi connectivity index (χ1n) is 13.2. The first-order valence-corrected chi connectivity index (χ1v) is 13.5. The van der Waals surface area contributed by atoms with E-state index < -0.39 is 5.97 Å². The van der Waals surface area contributed by atoms with E-state index in [0.29, 0.717) is 23.3 Å². The molecule has 1 aromatic heterocycles. The Balaban J connectivity index is 1.28. The van der Waals surface area contributed by atoms with Crippen LogP contribution in [-0.2, 0) is 4.74 Å². The van der Waals surface area contributed by atoms with Crippen LogP contribution in [0.5, 0.6) is 11.5 Å². The molecule has 1 N–H and O–H groups in total. The number of rotatable bonds is 12. The number of carboxylic acids is 1. The van der Waals surface area contributed by atoms with Gasteiger partial charge in [-0.2, -0.15) is 0 Å². The molecule has 4 aromatic rings. The Morgan fingerprint density at radius 2 is 1.82 bits per heavy atom. The quantitative estimate of drug-likeness (QED) is 0.193. The third-order valence-electron chi connectivity index (χ3n) is 6.60. The number of benzene rings is 3. The zero-order valence-electron chi connectivity index (χ0n) is 22.1. The van der Waals surface area contributed by atoms with Crippen molar-refractivity contribution in [3.05, 3.63) is 106 Å². The number of carboxylic acid groups (broad SMARTS) is 1. The Hall–Kier alpha value is -4.13. The molecule has 0 radical (unpaired) electrons. The van der Waals surface area contributed by atoms with Crippen LogP contribution in [0.25, 0.3) is 29.1 Å². The normalized spacial score (nSPS) is 14.2. The fraction of sp³-hybridized carbons (Fsp3) is 0.212. The number of pyridine rings is 1. The monoisotopic (exact) mass is 555 g/mol. The minimum Gasteiger partial charge on any atom is -0.497 e. The highest BCUT2D eigenvalue weighted by molar-refractivity contribution is 6.31. The average Bonchev–Trinajstić information content (AvgIpc) is 3.80. The molecule has 1 fully saturated rings. The smallest absolute Gasteiger partial charge is 0.339 e. The number of aromatic carboxylic acids is 1. The fourth-order valence-electron chi connectivity index (χ4n) is 4.17. The maximum Gasteiger partial charge on any atom is 0.339 e.